The molecule has 3 heteroatoms. The van der Waals surface area contributed by atoms with E-state index in [1.54, 1.807) is 0 Å². The Labute approximate surface area is 55.7 Å². The van der Waals surface area contributed by atoms with Crippen molar-refractivity contribution in [1.82, 2.24) is 0 Å². The molecule has 0 amide bonds. The maximum atomic E-state index is 9.14. The average molecular weight is 110 g/mol. The summed E-state index contributed by atoms with van der Waals surface area (Å²) < 4.78 is 0. The number of hydrogen-bond acceptors (Lipinski definition) is 2. The minimum absolute atomic E-state index is 0.722. The van der Waals surface area contributed by atoms with Gasteiger partial charge >= 0.3 is 26.8 Å². The predicted molar refractivity (Wildman–Crippen MR) is 26.8 cm³/mol. The summed E-state index contributed by atoms with van der Waals surface area (Å²) in [5.74, 6) is -1.23. The van der Waals surface area contributed by atoms with E-state index in [4.69, 9.17) is 9.90 Å². The van der Waals surface area contributed by atoms with Crippen LogP contribution in [0.4, 0.5) is 0 Å². The van der Waals surface area contributed by atoms with E-state index >= 15 is 0 Å². The standard InChI is InChI=1S/C3H4O2.CH3.Mg/c1-2-3(4)5;;/h2H,1H2,(H,4,5);1H3;/q;;+1/p-1. The summed E-state index contributed by atoms with van der Waals surface area (Å²) in [7, 11) is 0. The molecule has 0 saturated heterocycles. The number of aliphatic carboxylic acids is 1. The maximum absolute atomic E-state index is 9.14. The third-order valence-corrected chi connectivity index (χ3v) is 0.167. The first-order valence-corrected chi connectivity index (χ1v) is 3.23. The van der Waals surface area contributed by atoms with E-state index in [-0.39, 0.29) is 0 Å². The van der Waals surface area contributed by atoms with Crippen molar-refractivity contribution in [2.75, 3.05) is 0 Å². The van der Waals surface area contributed by atoms with E-state index < -0.39 is 5.97 Å². The molecule has 0 aromatic carbocycles. The van der Waals surface area contributed by atoms with Gasteiger partial charge in [-0.1, -0.05) is 6.58 Å². The molecule has 0 N–H and O–H groups in total. The number of hydrogen-bond donors (Lipinski definition) is 0. The summed E-state index contributed by atoms with van der Waals surface area (Å²) in [6.07, 6.45) is 0.722. The number of carboxylic acid groups (broad SMARTS) is 1. The summed E-state index contributed by atoms with van der Waals surface area (Å²) in [6, 6.07) is 0. The first-order chi connectivity index (χ1) is 3.27. The first-order valence-electron chi connectivity index (χ1n) is 1.81. The van der Waals surface area contributed by atoms with Crippen molar-refractivity contribution in [3.05, 3.63) is 12.7 Å². The number of rotatable bonds is 1. The van der Waals surface area contributed by atoms with E-state index in [2.05, 4.69) is 6.58 Å². The monoisotopic (exact) mass is 110 g/mol. The van der Waals surface area contributed by atoms with Crippen LogP contribution in [0.3, 0.4) is 0 Å². The molecular formula is C4H6MgO2. The topological polar surface area (TPSA) is 40.1 Å². The van der Waals surface area contributed by atoms with Gasteiger partial charge in [0.25, 0.3) is 0 Å². The molecule has 0 aliphatic carbocycles. The second-order valence-corrected chi connectivity index (χ2v) is 0.523. The van der Waals surface area contributed by atoms with Crippen molar-refractivity contribution in [3.63, 3.8) is 0 Å². The fourth-order valence-electron chi connectivity index (χ4n) is 0. The zero-order valence-electron chi connectivity index (χ0n) is 4.31. The van der Waals surface area contributed by atoms with Crippen LogP contribution < -0.4 is 5.11 Å². The third kappa shape index (κ3) is 24.2. The van der Waals surface area contributed by atoms with E-state index in [0.717, 1.165) is 6.08 Å². The van der Waals surface area contributed by atoms with Crippen LogP contribution in [0.1, 0.15) is 0 Å². The van der Waals surface area contributed by atoms with Gasteiger partial charge in [-0.3, -0.25) is 0 Å². The zero-order valence-corrected chi connectivity index (χ0v) is 5.72. The van der Waals surface area contributed by atoms with Gasteiger partial charge in [-0.25, -0.2) is 0 Å². The SMILES string of the molecule is C=CC(=O)[O-].[CH3][Mg+]. The van der Waals surface area contributed by atoms with Gasteiger partial charge in [0, 0.05) is 0 Å². The van der Waals surface area contributed by atoms with Gasteiger partial charge in [0.05, 0.1) is 5.97 Å². The average Bonchev–Trinajstić information content (AvgIpc) is 1.73. The second-order valence-electron chi connectivity index (χ2n) is 0.523. The molecule has 0 unspecified atom stereocenters. The van der Waals surface area contributed by atoms with Crippen molar-refractivity contribution in [1.29, 1.82) is 0 Å². The Balaban J connectivity index is 0. The normalized spacial score (nSPS) is 5.57. The van der Waals surface area contributed by atoms with Crippen molar-refractivity contribution >= 4 is 27.7 Å². The Morgan fingerprint density at radius 1 is 1.86 bits per heavy atom. The van der Waals surface area contributed by atoms with Crippen LogP contribution in [0.15, 0.2) is 12.7 Å². The molecule has 0 heterocycles. The summed E-state index contributed by atoms with van der Waals surface area (Å²) in [6.45, 7) is 2.90. The Morgan fingerprint density at radius 3 is 2.00 bits per heavy atom. The molecule has 0 rings (SSSR count). The molecule has 0 saturated carbocycles. The predicted octanol–water partition coefficient (Wildman–Crippen LogP) is -0.875. The summed E-state index contributed by atoms with van der Waals surface area (Å²) in [5.41, 5.74) is 0. The van der Waals surface area contributed by atoms with Gasteiger partial charge in [0.2, 0.25) is 0 Å². The first kappa shape index (κ1) is 10.1. The molecular weight excluding hydrogens is 104 g/mol. The molecule has 0 aromatic heterocycles. The quantitative estimate of drug-likeness (QED) is 0.325. The Morgan fingerprint density at radius 2 is 2.00 bits per heavy atom. The summed E-state index contributed by atoms with van der Waals surface area (Å²) in [4.78, 5) is 9.14. The van der Waals surface area contributed by atoms with Gasteiger partial charge in [0.1, 0.15) is 0 Å². The van der Waals surface area contributed by atoms with Crippen molar-refractivity contribution in [2.24, 2.45) is 0 Å². The minimum atomic E-state index is -1.23. The molecule has 2 nitrogen and oxygen atoms in total. The van der Waals surface area contributed by atoms with E-state index in [0.29, 0.717) is 0 Å². The molecule has 0 fully saturated rings. The number of carbonyl (C=O) groups is 1. The zero-order chi connectivity index (χ0) is 6.28. The molecule has 0 aliphatic heterocycles. The van der Waals surface area contributed by atoms with E-state index in [1.165, 1.54) is 0 Å². The van der Waals surface area contributed by atoms with Crippen molar-refractivity contribution < 1.29 is 9.90 Å². The van der Waals surface area contributed by atoms with Gasteiger partial charge in [0.15, 0.2) is 0 Å². The summed E-state index contributed by atoms with van der Waals surface area (Å²) >= 11 is 1.86. The molecule has 0 aliphatic rings. The van der Waals surface area contributed by atoms with Gasteiger partial charge in [-0.2, -0.15) is 0 Å². The van der Waals surface area contributed by atoms with Crippen LogP contribution in [0.25, 0.3) is 0 Å². The third-order valence-electron chi connectivity index (χ3n) is 0.167. The molecule has 7 heavy (non-hydrogen) atoms. The number of carboxylic acids is 1. The Bertz CT molecular complexity index is 60.7. The van der Waals surface area contributed by atoms with Gasteiger partial charge < -0.3 is 9.90 Å². The van der Waals surface area contributed by atoms with E-state index in [1.807, 2.05) is 26.8 Å². The Kier molecular flexibility index (Phi) is 13.5. The second kappa shape index (κ2) is 9.36. The fraction of sp³-hybridized carbons (Fsp3) is 0.250. The molecule has 0 spiro atoms. The van der Waals surface area contributed by atoms with Crippen LogP contribution in [0.5, 0.6) is 0 Å². The van der Waals surface area contributed by atoms with Crippen LogP contribution in [0, 0.1) is 0 Å². The van der Waals surface area contributed by atoms with Crippen LogP contribution in [0.2, 0.25) is 5.05 Å². The van der Waals surface area contributed by atoms with Crippen LogP contribution in [-0.2, 0) is 4.79 Å². The van der Waals surface area contributed by atoms with Crippen molar-refractivity contribution in [3.8, 4) is 0 Å². The molecule has 0 radical (unpaired) electrons. The van der Waals surface area contributed by atoms with Crippen LogP contribution >= 0.6 is 0 Å². The molecule has 0 atom stereocenters. The van der Waals surface area contributed by atoms with Crippen molar-refractivity contribution in [2.45, 2.75) is 5.05 Å². The molecule has 0 aromatic rings. The summed E-state index contributed by atoms with van der Waals surface area (Å²) in [5, 5.41) is 11.2. The molecule has 36 valence electrons. The molecule has 0 bridgehead atoms. The van der Waals surface area contributed by atoms with Crippen LogP contribution in [-0.4, -0.2) is 27.7 Å². The van der Waals surface area contributed by atoms with Gasteiger partial charge in [-0.15, -0.1) is 0 Å². The Hall–Kier alpha value is -0.0238. The van der Waals surface area contributed by atoms with Gasteiger partial charge in [-0.05, 0) is 6.08 Å². The van der Waals surface area contributed by atoms with E-state index in [9.17, 15) is 0 Å². The fourth-order valence-corrected chi connectivity index (χ4v) is 0. The number of carbonyl (C=O) groups excluding carboxylic acids is 1.